The van der Waals surface area contributed by atoms with Crippen LogP contribution >= 0.6 is 0 Å². The Bertz CT molecular complexity index is 2500. The zero-order valence-corrected chi connectivity index (χ0v) is 25.0. The molecule has 5 aliphatic carbocycles. The van der Waals surface area contributed by atoms with Gasteiger partial charge < -0.3 is 0 Å². The molecule has 5 aliphatic rings. The first-order valence-corrected chi connectivity index (χ1v) is 16.3. The molecule has 46 heavy (non-hydrogen) atoms. The Balaban J connectivity index is 1.20. The molecule has 0 saturated carbocycles. The molecule has 0 atom stereocenters. The van der Waals surface area contributed by atoms with E-state index >= 15 is 0 Å². The summed E-state index contributed by atoms with van der Waals surface area (Å²) in [5.74, 6) is 2.18. The zero-order valence-electron chi connectivity index (χ0n) is 25.0. The third-order valence-corrected chi connectivity index (χ3v) is 11.1. The van der Waals surface area contributed by atoms with Crippen LogP contribution in [0.3, 0.4) is 0 Å². The zero-order chi connectivity index (χ0) is 29.7. The second-order valence-corrected chi connectivity index (χ2v) is 13.5. The average Bonchev–Trinajstić information content (AvgIpc) is 3.86. The highest BCUT2D eigenvalue weighted by molar-refractivity contribution is 6.14. The molecule has 0 spiro atoms. The van der Waals surface area contributed by atoms with E-state index in [2.05, 4.69) is 91.0 Å². The SMILES string of the molecule is c1ccc(-c2nc(-c3ccccc3)nc(-c3cc4c5c6c3Cc3ccc7c(c3-6)-c3c(ccc6c3-c3c(ccc(c3-5)C4)C6)C7)n2)cc1. The van der Waals surface area contributed by atoms with E-state index in [1.54, 1.807) is 0 Å². The van der Waals surface area contributed by atoms with Crippen molar-refractivity contribution in [3.8, 4) is 78.7 Å². The molecule has 212 valence electrons. The maximum absolute atomic E-state index is 5.23. The molecular formula is C43H25N3. The Morgan fingerprint density at radius 1 is 0.326 bits per heavy atom. The quantitative estimate of drug-likeness (QED) is 0.208. The first-order chi connectivity index (χ1) is 22.8. The molecule has 1 aromatic heterocycles. The highest BCUT2D eigenvalue weighted by atomic mass is 15.0. The van der Waals surface area contributed by atoms with E-state index in [0.29, 0.717) is 11.6 Å². The van der Waals surface area contributed by atoms with E-state index in [-0.39, 0.29) is 0 Å². The fourth-order valence-electron chi connectivity index (χ4n) is 9.26. The van der Waals surface area contributed by atoms with Gasteiger partial charge in [-0.3, -0.25) is 0 Å². The number of nitrogens with zero attached hydrogens (tertiary/aromatic N) is 3. The Kier molecular flexibility index (Phi) is 4.18. The highest BCUT2D eigenvalue weighted by Crippen LogP contribution is 2.63. The smallest absolute Gasteiger partial charge is 0.164 e. The predicted octanol–water partition coefficient (Wildman–Crippen LogP) is 9.47. The van der Waals surface area contributed by atoms with E-state index in [1.165, 1.54) is 89.0 Å². The van der Waals surface area contributed by atoms with E-state index in [0.717, 1.165) is 48.2 Å². The van der Waals surface area contributed by atoms with Crippen molar-refractivity contribution in [3.05, 3.63) is 148 Å². The van der Waals surface area contributed by atoms with E-state index < -0.39 is 0 Å². The second kappa shape index (κ2) is 8.13. The fourth-order valence-corrected chi connectivity index (χ4v) is 9.26. The first-order valence-electron chi connectivity index (χ1n) is 16.3. The molecule has 0 amide bonds. The summed E-state index contributed by atoms with van der Waals surface area (Å²) in [5, 5.41) is 0. The van der Waals surface area contributed by atoms with Crippen molar-refractivity contribution in [3.63, 3.8) is 0 Å². The Labute approximate surface area is 266 Å². The maximum atomic E-state index is 5.23. The summed E-state index contributed by atoms with van der Waals surface area (Å²) in [6.45, 7) is 0. The molecule has 3 nitrogen and oxygen atoms in total. The van der Waals surface area contributed by atoms with Gasteiger partial charge in [0.25, 0.3) is 0 Å². The van der Waals surface area contributed by atoms with Gasteiger partial charge in [-0.15, -0.1) is 0 Å². The lowest BCUT2D eigenvalue weighted by molar-refractivity contribution is 1.07. The Hall–Kier alpha value is -5.67. The monoisotopic (exact) mass is 583 g/mol. The van der Waals surface area contributed by atoms with Gasteiger partial charge in [0.15, 0.2) is 17.5 Å². The van der Waals surface area contributed by atoms with Crippen molar-refractivity contribution in [2.45, 2.75) is 25.7 Å². The minimum atomic E-state index is 0.712. The summed E-state index contributed by atoms with van der Waals surface area (Å²) in [5.41, 5.74) is 26.6. The summed E-state index contributed by atoms with van der Waals surface area (Å²) < 4.78 is 0. The largest absolute Gasteiger partial charge is 0.208 e. The summed E-state index contributed by atoms with van der Waals surface area (Å²) >= 11 is 0. The number of benzene rings is 6. The van der Waals surface area contributed by atoms with Crippen LogP contribution in [0.25, 0.3) is 78.7 Å². The summed E-state index contributed by atoms with van der Waals surface area (Å²) in [6, 6.07) is 37.5. The van der Waals surface area contributed by atoms with Crippen LogP contribution in [0.1, 0.15) is 44.5 Å². The Morgan fingerprint density at radius 2 is 0.696 bits per heavy atom. The topological polar surface area (TPSA) is 38.7 Å². The van der Waals surface area contributed by atoms with Gasteiger partial charge in [0.1, 0.15) is 0 Å². The summed E-state index contributed by atoms with van der Waals surface area (Å²) in [4.78, 5) is 15.5. The number of hydrogen-bond donors (Lipinski definition) is 0. The third kappa shape index (κ3) is 2.83. The Morgan fingerprint density at radius 3 is 1.17 bits per heavy atom. The molecule has 0 bridgehead atoms. The van der Waals surface area contributed by atoms with Crippen LogP contribution in [-0.4, -0.2) is 15.0 Å². The van der Waals surface area contributed by atoms with Gasteiger partial charge >= 0.3 is 0 Å². The molecule has 3 heteroatoms. The second-order valence-electron chi connectivity index (χ2n) is 13.5. The fraction of sp³-hybridized carbons (Fsp3) is 0.0930. The van der Waals surface area contributed by atoms with Crippen LogP contribution in [0, 0.1) is 0 Å². The normalized spacial score (nSPS) is 14.2. The van der Waals surface area contributed by atoms with Crippen molar-refractivity contribution >= 4 is 0 Å². The standard InChI is InChI=1S/C43H25N3/c1-3-7-22(8-4-1)41-44-42(23-9-5-2-6-10-23)46-43(45-41)32-21-30-19-28-14-13-26-17-24-11-12-25-18-27-15-16-29-20-31(32)40-38(29)36(27)34(25)33(24)35(26)37(28)39(30)40/h1-16,21H,17-20H2. The summed E-state index contributed by atoms with van der Waals surface area (Å²) in [6.07, 6.45) is 3.87. The molecule has 0 N–H and O–H groups in total. The van der Waals surface area contributed by atoms with Gasteiger partial charge in [0.05, 0.1) is 0 Å². The molecule has 0 fully saturated rings. The van der Waals surface area contributed by atoms with Gasteiger partial charge in [-0.05, 0) is 121 Å². The highest BCUT2D eigenvalue weighted by Gasteiger charge is 2.42. The van der Waals surface area contributed by atoms with Crippen LogP contribution in [0.15, 0.2) is 103 Å². The van der Waals surface area contributed by atoms with E-state index in [1.807, 2.05) is 12.1 Å². The van der Waals surface area contributed by atoms with Crippen molar-refractivity contribution < 1.29 is 0 Å². The third-order valence-electron chi connectivity index (χ3n) is 11.1. The van der Waals surface area contributed by atoms with Crippen LogP contribution in [0.5, 0.6) is 0 Å². The van der Waals surface area contributed by atoms with E-state index in [9.17, 15) is 0 Å². The van der Waals surface area contributed by atoms with Gasteiger partial charge in [-0.1, -0.05) is 97.1 Å². The molecule has 1 heterocycles. The van der Waals surface area contributed by atoms with E-state index in [4.69, 9.17) is 15.0 Å². The average molecular weight is 584 g/mol. The van der Waals surface area contributed by atoms with Crippen molar-refractivity contribution in [2.75, 3.05) is 0 Å². The van der Waals surface area contributed by atoms with Gasteiger partial charge in [0.2, 0.25) is 0 Å². The van der Waals surface area contributed by atoms with Crippen LogP contribution in [0.4, 0.5) is 0 Å². The lowest BCUT2D eigenvalue weighted by Crippen LogP contribution is -2.03. The van der Waals surface area contributed by atoms with Crippen LogP contribution in [0.2, 0.25) is 0 Å². The predicted molar refractivity (Wildman–Crippen MR) is 183 cm³/mol. The molecule has 0 aliphatic heterocycles. The summed E-state index contributed by atoms with van der Waals surface area (Å²) in [7, 11) is 0. The molecule has 0 radical (unpaired) electrons. The number of rotatable bonds is 3. The van der Waals surface area contributed by atoms with Crippen molar-refractivity contribution in [1.29, 1.82) is 0 Å². The van der Waals surface area contributed by atoms with Gasteiger partial charge in [0, 0.05) is 16.7 Å². The van der Waals surface area contributed by atoms with Gasteiger partial charge in [-0.2, -0.15) is 0 Å². The number of hydrogen-bond acceptors (Lipinski definition) is 3. The minimum absolute atomic E-state index is 0.712. The molecule has 6 aromatic carbocycles. The van der Waals surface area contributed by atoms with Crippen molar-refractivity contribution in [1.82, 2.24) is 15.0 Å². The molecular weight excluding hydrogens is 558 g/mol. The van der Waals surface area contributed by atoms with Gasteiger partial charge in [-0.25, -0.2) is 15.0 Å². The van der Waals surface area contributed by atoms with Crippen LogP contribution < -0.4 is 0 Å². The lowest BCUT2D eigenvalue weighted by atomic mass is 9.80. The molecule has 0 saturated heterocycles. The molecule has 7 aromatic rings. The number of aromatic nitrogens is 3. The lowest BCUT2D eigenvalue weighted by Gasteiger charge is -2.23. The van der Waals surface area contributed by atoms with Crippen molar-refractivity contribution in [2.24, 2.45) is 0 Å². The minimum Gasteiger partial charge on any atom is -0.208 e. The molecule has 12 rings (SSSR count). The van der Waals surface area contributed by atoms with Crippen LogP contribution in [-0.2, 0) is 25.7 Å². The maximum Gasteiger partial charge on any atom is 0.164 e. The molecule has 0 unspecified atom stereocenters. The first kappa shape index (κ1) is 23.7.